The normalized spacial score (nSPS) is 18.0. The number of nitrogens with one attached hydrogen (secondary N) is 2. The zero-order valence-corrected chi connectivity index (χ0v) is 16.1. The lowest BCUT2D eigenvalue weighted by atomic mass is 10.1. The number of guanidine groups is 1. The molecule has 0 saturated carbocycles. The van der Waals surface area contributed by atoms with Crippen molar-refractivity contribution in [3.8, 4) is 5.75 Å². The van der Waals surface area contributed by atoms with E-state index in [0.717, 1.165) is 31.3 Å². The number of methoxy groups -OCH3 is 1. The summed E-state index contributed by atoms with van der Waals surface area (Å²) in [6.07, 6.45) is 0. The molecule has 0 aromatic heterocycles. The Morgan fingerprint density at radius 1 is 1.16 bits per heavy atom. The Morgan fingerprint density at radius 3 is 2.44 bits per heavy atom. The Hall–Kier alpha value is -1.79. The maximum absolute atomic E-state index is 5.19. The minimum Gasteiger partial charge on any atom is -0.497 e. The van der Waals surface area contributed by atoms with Crippen molar-refractivity contribution in [2.45, 2.75) is 13.5 Å². The largest absolute Gasteiger partial charge is 0.497 e. The van der Waals surface area contributed by atoms with Gasteiger partial charge in [-0.15, -0.1) is 0 Å². The van der Waals surface area contributed by atoms with Gasteiger partial charge in [0.05, 0.1) is 7.11 Å². The molecule has 2 N–H and O–H groups in total. The van der Waals surface area contributed by atoms with Crippen LogP contribution in [0.3, 0.4) is 0 Å². The van der Waals surface area contributed by atoms with Crippen LogP contribution in [0, 0.1) is 5.92 Å². The van der Waals surface area contributed by atoms with Crippen LogP contribution in [0.1, 0.15) is 12.5 Å². The monoisotopic (exact) mass is 347 g/mol. The van der Waals surface area contributed by atoms with Crippen LogP contribution >= 0.6 is 0 Å². The van der Waals surface area contributed by atoms with Crippen LogP contribution in [-0.4, -0.2) is 76.2 Å². The minimum absolute atomic E-state index is 0.586. The van der Waals surface area contributed by atoms with Gasteiger partial charge < -0.3 is 25.2 Å². The zero-order valence-electron chi connectivity index (χ0n) is 16.1. The number of benzene rings is 1. The van der Waals surface area contributed by atoms with Crippen LogP contribution in [0.4, 0.5) is 0 Å². The molecule has 0 spiro atoms. The molecule has 1 fully saturated rings. The molecule has 0 amide bonds. The van der Waals surface area contributed by atoms with E-state index < -0.39 is 0 Å². The highest BCUT2D eigenvalue weighted by atomic mass is 16.5. The van der Waals surface area contributed by atoms with E-state index in [1.54, 1.807) is 7.11 Å². The molecule has 1 aliphatic rings. The second-order valence-corrected chi connectivity index (χ2v) is 6.86. The summed E-state index contributed by atoms with van der Waals surface area (Å²) in [7, 11) is 5.69. The first-order chi connectivity index (χ1) is 12.1. The molecular formula is C19H33N5O. The van der Waals surface area contributed by atoms with Crippen molar-refractivity contribution in [3.05, 3.63) is 29.8 Å². The molecule has 0 bridgehead atoms. The summed E-state index contributed by atoms with van der Waals surface area (Å²) >= 11 is 0. The Bertz CT molecular complexity index is 523. The Balaban J connectivity index is 1.68. The van der Waals surface area contributed by atoms with Crippen molar-refractivity contribution in [2.75, 3.05) is 60.5 Å². The summed E-state index contributed by atoms with van der Waals surface area (Å²) in [6, 6.07) is 8.08. The predicted octanol–water partition coefficient (Wildman–Crippen LogP) is 1.24. The summed E-state index contributed by atoms with van der Waals surface area (Å²) in [5, 5.41) is 6.80. The van der Waals surface area contributed by atoms with Crippen LogP contribution in [0.2, 0.25) is 0 Å². The molecular weight excluding hydrogens is 314 g/mol. The number of ether oxygens (including phenoxy) is 1. The van der Waals surface area contributed by atoms with Crippen molar-refractivity contribution < 1.29 is 4.74 Å². The van der Waals surface area contributed by atoms with Crippen molar-refractivity contribution in [2.24, 2.45) is 10.9 Å². The Morgan fingerprint density at radius 2 is 1.84 bits per heavy atom. The fraction of sp³-hybridized carbons (Fsp3) is 0.632. The molecule has 140 valence electrons. The van der Waals surface area contributed by atoms with Gasteiger partial charge in [0, 0.05) is 52.9 Å². The van der Waals surface area contributed by atoms with Crippen LogP contribution in [0.15, 0.2) is 29.3 Å². The van der Waals surface area contributed by atoms with Crippen LogP contribution in [0.25, 0.3) is 0 Å². The van der Waals surface area contributed by atoms with Gasteiger partial charge in [-0.25, -0.2) is 0 Å². The molecule has 2 rings (SSSR count). The summed E-state index contributed by atoms with van der Waals surface area (Å²) < 4.78 is 5.19. The lowest BCUT2D eigenvalue weighted by Crippen LogP contribution is -2.47. The molecule has 6 heteroatoms. The number of hydrogen-bond donors (Lipinski definition) is 2. The molecule has 1 aromatic carbocycles. The summed E-state index contributed by atoms with van der Waals surface area (Å²) in [5.41, 5.74) is 1.20. The fourth-order valence-electron chi connectivity index (χ4n) is 2.96. The highest BCUT2D eigenvalue weighted by Gasteiger charge is 2.16. The molecule has 1 heterocycles. The van der Waals surface area contributed by atoms with Gasteiger partial charge in [-0.05, 0) is 30.7 Å². The lowest BCUT2D eigenvalue weighted by Gasteiger charge is -2.34. The highest BCUT2D eigenvalue weighted by Crippen LogP contribution is 2.10. The van der Waals surface area contributed by atoms with Gasteiger partial charge >= 0.3 is 0 Å². The first-order valence-electron chi connectivity index (χ1n) is 9.09. The van der Waals surface area contributed by atoms with Crippen LogP contribution in [0.5, 0.6) is 5.75 Å². The summed E-state index contributed by atoms with van der Waals surface area (Å²) in [5.74, 6) is 2.31. The smallest absolute Gasteiger partial charge is 0.191 e. The molecule has 1 aliphatic heterocycles. The molecule has 1 unspecified atom stereocenters. The van der Waals surface area contributed by atoms with E-state index in [1.807, 2.05) is 19.2 Å². The number of piperazine rings is 1. The fourth-order valence-corrected chi connectivity index (χ4v) is 2.96. The molecule has 1 atom stereocenters. The Labute approximate surface area is 152 Å². The first kappa shape index (κ1) is 19.5. The van der Waals surface area contributed by atoms with E-state index in [2.05, 4.69) is 51.5 Å². The van der Waals surface area contributed by atoms with Crippen molar-refractivity contribution in [1.29, 1.82) is 0 Å². The number of hydrogen-bond acceptors (Lipinski definition) is 4. The average molecular weight is 348 g/mol. The zero-order chi connectivity index (χ0) is 18.1. The Kier molecular flexibility index (Phi) is 8.01. The minimum atomic E-state index is 0.586. The number of nitrogens with zero attached hydrogens (tertiary/aromatic N) is 3. The highest BCUT2D eigenvalue weighted by molar-refractivity contribution is 5.79. The number of rotatable bonds is 7. The molecule has 6 nitrogen and oxygen atoms in total. The van der Waals surface area contributed by atoms with Gasteiger partial charge in [-0.3, -0.25) is 4.99 Å². The average Bonchev–Trinajstić information content (AvgIpc) is 2.64. The maximum Gasteiger partial charge on any atom is 0.191 e. The molecule has 25 heavy (non-hydrogen) atoms. The van der Waals surface area contributed by atoms with E-state index in [0.29, 0.717) is 5.92 Å². The molecule has 0 radical (unpaired) electrons. The van der Waals surface area contributed by atoms with Gasteiger partial charge in [-0.2, -0.15) is 0 Å². The SMILES string of the molecule is CN=C(NCc1ccc(OC)cc1)NCC(C)CN1CCN(C)CC1. The third kappa shape index (κ3) is 6.92. The quantitative estimate of drug-likeness (QED) is 0.574. The topological polar surface area (TPSA) is 52.1 Å². The first-order valence-corrected chi connectivity index (χ1v) is 9.09. The van der Waals surface area contributed by atoms with Gasteiger partial charge in [0.15, 0.2) is 5.96 Å². The van der Waals surface area contributed by atoms with Gasteiger partial charge in [0.2, 0.25) is 0 Å². The van der Waals surface area contributed by atoms with Crippen molar-refractivity contribution >= 4 is 5.96 Å². The van der Waals surface area contributed by atoms with Gasteiger partial charge in [-0.1, -0.05) is 19.1 Å². The predicted molar refractivity (Wildman–Crippen MR) is 104 cm³/mol. The summed E-state index contributed by atoms with van der Waals surface area (Å²) in [6.45, 7) is 9.79. The maximum atomic E-state index is 5.19. The number of aliphatic imine (C=N–C) groups is 1. The van der Waals surface area contributed by atoms with E-state index in [-0.39, 0.29) is 0 Å². The number of likely N-dealkylation sites (N-methyl/N-ethyl adjacent to an activating group) is 1. The third-order valence-electron chi connectivity index (χ3n) is 4.63. The van der Waals surface area contributed by atoms with Crippen molar-refractivity contribution in [1.82, 2.24) is 20.4 Å². The van der Waals surface area contributed by atoms with E-state index in [1.165, 1.54) is 31.7 Å². The van der Waals surface area contributed by atoms with Gasteiger partial charge in [0.25, 0.3) is 0 Å². The standard InChI is InChI=1S/C19H33N5O/c1-16(15-24-11-9-23(3)10-12-24)13-21-19(20-2)22-14-17-5-7-18(25-4)8-6-17/h5-8,16H,9-15H2,1-4H3,(H2,20,21,22). The molecule has 1 saturated heterocycles. The van der Waals surface area contributed by atoms with Crippen LogP contribution in [-0.2, 0) is 6.54 Å². The van der Waals surface area contributed by atoms with E-state index in [4.69, 9.17) is 4.74 Å². The van der Waals surface area contributed by atoms with E-state index >= 15 is 0 Å². The van der Waals surface area contributed by atoms with E-state index in [9.17, 15) is 0 Å². The third-order valence-corrected chi connectivity index (χ3v) is 4.63. The second kappa shape index (κ2) is 10.3. The second-order valence-electron chi connectivity index (χ2n) is 6.86. The lowest BCUT2D eigenvalue weighted by molar-refractivity contribution is 0.139. The van der Waals surface area contributed by atoms with Gasteiger partial charge in [0.1, 0.15) is 5.75 Å². The summed E-state index contributed by atoms with van der Waals surface area (Å²) in [4.78, 5) is 9.26. The van der Waals surface area contributed by atoms with Crippen LogP contribution < -0.4 is 15.4 Å². The molecule has 0 aliphatic carbocycles. The molecule has 1 aromatic rings. The van der Waals surface area contributed by atoms with Crippen molar-refractivity contribution in [3.63, 3.8) is 0 Å².